The van der Waals surface area contributed by atoms with Gasteiger partial charge in [-0.25, -0.2) is 16.8 Å². The predicted octanol–water partition coefficient (Wildman–Crippen LogP) is 4.50. The number of carbonyl (C=O) groups excluding carboxylic acids is 1. The molecule has 41 heavy (non-hydrogen) atoms. The van der Waals surface area contributed by atoms with Crippen LogP contribution in [0.1, 0.15) is 64.5 Å². The van der Waals surface area contributed by atoms with Gasteiger partial charge in [0.05, 0.1) is 18.1 Å². The highest BCUT2D eigenvalue weighted by Gasteiger charge is 2.33. The van der Waals surface area contributed by atoms with Gasteiger partial charge in [0.15, 0.2) is 0 Å². The Labute approximate surface area is 241 Å². The van der Waals surface area contributed by atoms with Crippen LogP contribution in [-0.2, 0) is 31.1 Å². The van der Waals surface area contributed by atoms with E-state index in [1.807, 2.05) is 22.9 Å². The predicted molar refractivity (Wildman–Crippen MR) is 159 cm³/mol. The topological polar surface area (TPSA) is 127 Å². The first kappa shape index (κ1) is 29.1. The first-order chi connectivity index (χ1) is 19.3. The van der Waals surface area contributed by atoms with E-state index in [-0.39, 0.29) is 29.6 Å². The summed E-state index contributed by atoms with van der Waals surface area (Å²) in [6.45, 7) is 4.45. The maximum absolute atomic E-state index is 12.0. The smallest absolute Gasteiger partial charge is 0.235 e. The number of benzene rings is 3. The van der Waals surface area contributed by atoms with E-state index in [2.05, 4.69) is 32.0 Å². The van der Waals surface area contributed by atoms with E-state index in [4.69, 9.17) is 4.74 Å². The van der Waals surface area contributed by atoms with Crippen LogP contribution in [0.3, 0.4) is 0 Å². The van der Waals surface area contributed by atoms with Crippen molar-refractivity contribution in [1.29, 1.82) is 0 Å². The van der Waals surface area contributed by atoms with Gasteiger partial charge in [-0.05, 0) is 95.8 Å². The maximum atomic E-state index is 12.0. The number of carbonyl (C=O) groups is 1. The van der Waals surface area contributed by atoms with E-state index in [0.717, 1.165) is 40.8 Å². The molecule has 0 radical (unpaired) electrons. The van der Waals surface area contributed by atoms with Crippen molar-refractivity contribution in [3.63, 3.8) is 0 Å². The fourth-order valence-corrected chi connectivity index (χ4v) is 8.29. The fraction of sp³-hybridized carbons (Fsp3) is 0.387. The normalized spacial score (nSPS) is 19.9. The number of rotatable bonds is 8. The minimum absolute atomic E-state index is 0.0146. The van der Waals surface area contributed by atoms with Crippen molar-refractivity contribution in [2.45, 2.75) is 51.4 Å². The Hall–Kier alpha value is -3.37. The molecule has 1 heterocycles. The van der Waals surface area contributed by atoms with Crippen LogP contribution in [0.25, 0.3) is 11.1 Å². The highest BCUT2D eigenvalue weighted by atomic mass is 32.2. The van der Waals surface area contributed by atoms with Crippen molar-refractivity contribution >= 4 is 25.8 Å². The standard InChI is InChI=1S/C31H35NO7S2/c1-19-14-23(39-12-5-13-40(3,35)36)15-20(2)31(19)28-7-4-6-26-24(10-11-27(26)28)21-8-9-25(29(33)16-21)22-17-30(34)32-41(37,38)18-22/h4,6-9,14-16,22,24,33H,5,10-13,17-18H2,1-3H3,(H,32,34)/t22?,24-/m1/s1. The van der Waals surface area contributed by atoms with Crippen LogP contribution in [0.2, 0.25) is 0 Å². The molecule has 1 amide bonds. The lowest BCUT2D eigenvalue weighted by Gasteiger charge is -2.24. The van der Waals surface area contributed by atoms with Crippen molar-refractivity contribution in [2.24, 2.45) is 0 Å². The van der Waals surface area contributed by atoms with E-state index in [1.165, 1.54) is 22.9 Å². The molecule has 0 aromatic heterocycles. The SMILES string of the molecule is Cc1cc(OCCCS(C)(=O)=O)cc(C)c1-c1cccc2c1CC[C@@H]2c1ccc(C2CC(=O)NS(=O)(=O)C2)c(O)c1. The quantitative estimate of drug-likeness (QED) is 0.366. The largest absolute Gasteiger partial charge is 0.508 e. The van der Waals surface area contributed by atoms with Crippen LogP contribution in [0.5, 0.6) is 11.5 Å². The summed E-state index contributed by atoms with van der Waals surface area (Å²) in [6.07, 6.45) is 3.44. The fourth-order valence-electron chi connectivity index (χ4n) is 6.30. The number of sulfone groups is 1. The molecule has 10 heteroatoms. The minimum Gasteiger partial charge on any atom is -0.508 e. The summed E-state index contributed by atoms with van der Waals surface area (Å²) in [6, 6.07) is 15.7. The van der Waals surface area contributed by atoms with Crippen LogP contribution in [-0.4, -0.2) is 52.2 Å². The molecule has 1 unspecified atom stereocenters. The Morgan fingerprint density at radius 3 is 2.44 bits per heavy atom. The van der Waals surface area contributed by atoms with Gasteiger partial charge in [-0.15, -0.1) is 0 Å². The lowest BCUT2D eigenvalue weighted by molar-refractivity contribution is -0.119. The van der Waals surface area contributed by atoms with Gasteiger partial charge < -0.3 is 9.84 Å². The Balaban J connectivity index is 1.39. The molecule has 0 spiro atoms. The van der Waals surface area contributed by atoms with Gasteiger partial charge in [0.1, 0.15) is 21.3 Å². The molecular weight excluding hydrogens is 562 g/mol. The van der Waals surface area contributed by atoms with Crippen molar-refractivity contribution in [3.8, 4) is 22.6 Å². The third-order valence-electron chi connectivity index (χ3n) is 7.99. The number of nitrogens with one attached hydrogen (secondary N) is 1. The van der Waals surface area contributed by atoms with Crippen molar-refractivity contribution in [2.75, 3.05) is 24.4 Å². The number of amides is 1. The van der Waals surface area contributed by atoms with Crippen molar-refractivity contribution in [1.82, 2.24) is 4.72 Å². The van der Waals surface area contributed by atoms with E-state index < -0.39 is 31.7 Å². The van der Waals surface area contributed by atoms with Gasteiger partial charge in [0.25, 0.3) is 0 Å². The Bertz CT molecular complexity index is 1710. The number of hydrogen-bond acceptors (Lipinski definition) is 7. The number of phenols is 1. The average molecular weight is 598 g/mol. The first-order valence-electron chi connectivity index (χ1n) is 13.7. The zero-order valence-electron chi connectivity index (χ0n) is 23.4. The van der Waals surface area contributed by atoms with Gasteiger partial charge in [0.2, 0.25) is 15.9 Å². The summed E-state index contributed by atoms with van der Waals surface area (Å²) in [5.74, 6) is -0.448. The molecule has 0 saturated carbocycles. The van der Waals surface area contributed by atoms with E-state index in [1.54, 1.807) is 12.1 Å². The van der Waals surface area contributed by atoms with Crippen molar-refractivity contribution in [3.05, 3.63) is 81.9 Å². The number of aryl methyl sites for hydroxylation is 2. The highest BCUT2D eigenvalue weighted by Crippen LogP contribution is 2.45. The molecule has 1 aliphatic carbocycles. The number of ether oxygens (including phenoxy) is 1. The lowest BCUT2D eigenvalue weighted by Crippen LogP contribution is -2.40. The molecule has 2 aliphatic rings. The van der Waals surface area contributed by atoms with E-state index in [9.17, 15) is 26.7 Å². The number of fused-ring (bicyclic) bond motifs is 1. The Morgan fingerprint density at radius 1 is 1.05 bits per heavy atom. The van der Waals surface area contributed by atoms with Gasteiger partial charge in [-0.1, -0.05) is 30.3 Å². The first-order valence-corrected chi connectivity index (χ1v) is 17.4. The second-order valence-electron chi connectivity index (χ2n) is 11.3. The summed E-state index contributed by atoms with van der Waals surface area (Å²) in [5.41, 5.74) is 8.38. The molecule has 5 rings (SSSR count). The molecule has 218 valence electrons. The summed E-state index contributed by atoms with van der Waals surface area (Å²) in [7, 11) is -6.72. The molecule has 2 N–H and O–H groups in total. The Morgan fingerprint density at radius 2 is 1.78 bits per heavy atom. The Kier molecular flexibility index (Phi) is 7.91. The molecule has 3 aromatic rings. The lowest BCUT2D eigenvalue weighted by atomic mass is 9.87. The third-order valence-corrected chi connectivity index (χ3v) is 10.4. The highest BCUT2D eigenvalue weighted by molar-refractivity contribution is 7.90. The van der Waals surface area contributed by atoms with Gasteiger partial charge in [-0.3, -0.25) is 9.52 Å². The minimum atomic E-state index is -3.70. The molecule has 1 aliphatic heterocycles. The van der Waals surface area contributed by atoms with Crippen LogP contribution < -0.4 is 9.46 Å². The second kappa shape index (κ2) is 11.1. The summed E-state index contributed by atoms with van der Waals surface area (Å²) in [5, 5.41) is 10.9. The van der Waals surface area contributed by atoms with Gasteiger partial charge >= 0.3 is 0 Å². The number of hydrogen-bond donors (Lipinski definition) is 2. The van der Waals surface area contributed by atoms with Crippen LogP contribution in [0.15, 0.2) is 48.5 Å². The monoisotopic (exact) mass is 597 g/mol. The zero-order valence-corrected chi connectivity index (χ0v) is 25.1. The molecular formula is C31H35NO7S2. The molecule has 8 nitrogen and oxygen atoms in total. The molecule has 1 saturated heterocycles. The zero-order chi connectivity index (χ0) is 29.5. The number of sulfonamides is 1. The molecule has 2 atom stereocenters. The molecule has 1 fully saturated rings. The maximum Gasteiger partial charge on any atom is 0.235 e. The number of aromatic hydroxyl groups is 1. The summed E-state index contributed by atoms with van der Waals surface area (Å²) < 4.78 is 54.7. The van der Waals surface area contributed by atoms with Gasteiger partial charge in [0, 0.05) is 24.5 Å². The van der Waals surface area contributed by atoms with E-state index in [0.29, 0.717) is 18.6 Å². The summed E-state index contributed by atoms with van der Waals surface area (Å²) in [4.78, 5) is 11.9. The number of phenolic OH excluding ortho intramolecular Hbond substituents is 1. The van der Waals surface area contributed by atoms with Crippen molar-refractivity contribution < 1.29 is 31.5 Å². The summed E-state index contributed by atoms with van der Waals surface area (Å²) >= 11 is 0. The van der Waals surface area contributed by atoms with Crippen LogP contribution >= 0.6 is 0 Å². The average Bonchev–Trinajstić information content (AvgIpc) is 3.29. The molecule has 0 bridgehead atoms. The second-order valence-corrected chi connectivity index (χ2v) is 15.3. The van der Waals surface area contributed by atoms with Gasteiger partial charge in [-0.2, -0.15) is 0 Å². The van der Waals surface area contributed by atoms with Crippen LogP contribution in [0, 0.1) is 13.8 Å². The van der Waals surface area contributed by atoms with Crippen LogP contribution in [0.4, 0.5) is 0 Å². The molecule has 3 aromatic carbocycles. The van der Waals surface area contributed by atoms with E-state index >= 15 is 0 Å². The third kappa shape index (κ3) is 6.43.